The molecular weight excluding hydrogens is 578 g/mol. The third-order valence-corrected chi connectivity index (χ3v) is 8.09. The number of esters is 1. The summed E-state index contributed by atoms with van der Waals surface area (Å²) in [4.78, 5) is 28.8. The number of carbonyl (C=O) groups is 2. The average Bonchev–Trinajstić information content (AvgIpc) is 3.24. The molecule has 0 saturated carbocycles. The molecule has 200 valence electrons. The van der Waals surface area contributed by atoms with Crippen LogP contribution in [0.2, 0.25) is 0 Å². The monoisotopic (exact) mass is 599 g/mol. The third-order valence-electron chi connectivity index (χ3n) is 7.59. The number of aromatic hydroxyl groups is 2. The highest BCUT2D eigenvalue weighted by molar-refractivity contribution is 9.10. The van der Waals surface area contributed by atoms with Crippen LogP contribution < -0.4 is 4.74 Å². The van der Waals surface area contributed by atoms with Gasteiger partial charge in [0.25, 0.3) is 5.91 Å². The zero-order valence-corrected chi connectivity index (χ0v) is 22.6. The minimum Gasteiger partial charge on any atom is -0.508 e. The molecule has 0 aliphatic carbocycles. The summed E-state index contributed by atoms with van der Waals surface area (Å²) < 4.78 is 19.0. The molecular formula is C31H22BrNO7. The molecule has 1 unspecified atom stereocenters. The number of rotatable bonds is 2. The van der Waals surface area contributed by atoms with Crippen molar-refractivity contribution in [2.45, 2.75) is 11.7 Å². The highest BCUT2D eigenvalue weighted by Crippen LogP contribution is 2.57. The Balaban J connectivity index is 1.28. The predicted molar refractivity (Wildman–Crippen MR) is 147 cm³/mol. The highest BCUT2D eigenvalue weighted by Gasteiger charge is 2.53. The van der Waals surface area contributed by atoms with Gasteiger partial charge in [0.1, 0.15) is 29.1 Å². The Kier molecular flexibility index (Phi) is 5.62. The second-order valence-corrected chi connectivity index (χ2v) is 10.9. The van der Waals surface area contributed by atoms with Gasteiger partial charge in [0, 0.05) is 45.4 Å². The number of carbonyl (C=O) groups excluding carboxylic acids is 2. The summed E-state index contributed by atoms with van der Waals surface area (Å²) in [5, 5.41) is 20.2. The molecule has 7 rings (SSSR count). The van der Waals surface area contributed by atoms with Gasteiger partial charge < -0.3 is 29.3 Å². The third kappa shape index (κ3) is 3.76. The highest BCUT2D eigenvalue weighted by atomic mass is 79.9. The summed E-state index contributed by atoms with van der Waals surface area (Å²) in [6, 6.07) is 22.0. The maximum absolute atomic E-state index is 13.6. The number of phenolic OH excluding ortho intramolecular Hbond substituents is 2. The molecule has 40 heavy (non-hydrogen) atoms. The van der Waals surface area contributed by atoms with Gasteiger partial charge in [-0.05, 0) is 54.1 Å². The van der Waals surface area contributed by atoms with Crippen LogP contribution in [0, 0.1) is 0 Å². The molecule has 1 fully saturated rings. The van der Waals surface area contributed by atoms with E-state index in [9.17, 15) is 19.8 Å². The van der Waals surface area contributed by atoms with Gasteiger partial charge in [-0.15, -0.1) is 0 Å². The predicted octanol–water partition coefficient (Wildman–Crippen LogP) is 5.64. The van der Waals surface area contributed by atoms with Gasteiger partial charge >= 0.3 is 5.97 Å². The van der Waals surface area contributed by atoms with E-state index in [0.717, 1.165) is 10.0 Å². The molecule has 1 spiro atoms. The molecule has 3 heterocycles. The lowest BCUT2D eigenvalue weighted by molar-refractivity contribution is -0.0228. The number of morpholine rings is 1. The maximum atomic E-state index is 13.6. The molecule has 3 aliphatic rings. The first-order chi connectivity index (χ1) is 19.3. The molecule has 1 amide bonds. The number of ether oxygens (including phenoxy) is 3. The number of hydrogen-bond acceptors (Lipinski definition) is 7. The van der Waals surface area contributed by atoms with Crippen LogP contribution in [-0.2, 0) is 15.1 Å². The Hall–Kier alpha value is -4.34. The summed E-state index contributed by atoms with van der Waals surface area (Å²) in [6.45, 7) is 1.21. The fourth-order valence-corrected chi connectivity index (χ4v) is 6.18. The van der Waals surface area contributed by atoms with Gasteiger partial charge in [-0.3, -0.25) is 4.79 Å². The van der Waals surface area contributed by atoms with Crippen LogP contribution in [-0.4, -0.2) is 46.7 Å². The summed E-state index contributed by atoms with van der Waals surface area (Å²) in [5.41, 5.74) is 1.84. The standard InChI is InChI=1S/C31H22BrNO7/c32-19-3-1-2-17(12-19)28-16-33(10-11-38-28)29(36)18-4-7-23-22(13-18)30(37)40-31(23)24-8-5-20(34)14-26(24)39-27-15-21(35)6-9-25(27)31/h1-9,12-15,28,34-35H,10-11,16H2. The first-order valence-corrected chi connectivity index (χ1v) is 13.5. The first kappa shape index (κ1) is 24.7. The Bertz CT molecular complexity index is 1670. The number of benzene rings is 4. The molecule has 1 atom stereocenters. The van der Waals surface area contributed by atoms with Crippen LogP contribution in [0.4, 0.5) is 0 Å². The van der Waals surface area contributed by atoms with E-state index < -0.39 is 11.6 Å². The minimum absolute atomic E-state index is 0.0188. The van der Waals surface area contributed by atoms with Crippen molar-refractivity contribution in [1.82, 2.24) is 4.90 Å². The Morgan fingerprint density at radius 2 is 1.60 bits per heavy atom. The van der Waals surface area contributed by atoms with Crippen molar-refractivity contribution in [2.75, 3.05) is 19.7 Å². The fourth-order valence-electron chi connectivity index (χ4n) is 5.76. The molecule has 4 aromatic carbocycles. The normalized spacial score (nSPS) is 18.4. The molecule has 3 aliphatic heterocycles. The number of fused-ring (bicyclic) bond motifs is 6. The van der Waals surface area contributed by atoms with E-state index in [1.165, 1.54) is 24.3 Å². The van der Waals surface area contributed by atoms with Gasteiger partial charge in [0.2, 0.25) is 0 Å². The summed E-state index contributed by atoms with van der Waals surface area (Å²) in [5.74, 6) is -0.234. The van der Waals surface area contributed by atoms with Gasteiger partial charge in [-0.1, -0.05) is 34.1 Å². The fraction of sp³-hybridized carbons (Fsp3) is 0.161. The second-order valence-electron chi connectivity index (χ2n) is 9.96. The molecule has 4 aromatic rings. The van der Waals surface area contributed by atoms with Crippen molar-refractivity contribution in [2.24, 2.45) is 0 Å². The molecule has 0 aromatic heterocycles. The molecule has 0 bridgehead atoms. The Labute approximate surface area is 237 Å². The second kappa shape index (κ2) is 9.11. The summed E-state index contributed by atoms with van der Waals surface area (Å²) >= 11 is 3.49. The summed E-state index contributed by atoms with van der Waals surface area (Å²) in [7, 11) is 0. The molecule has 1 saturated heterocycles. The van der Waals surface area contributed by atoms with Gasteiger partial charge in [-0.25, -0.2) is 4.79 Å². The topological polar surface area (TPSA) is 106 Å². The van der Waals surface area contributed by atoms with E-state index in [1.54, 1.807) is 35.2 Å². The van der Waals surface area contributed by atoms with Crippen molar-refractivity contribution in [3.05, 3.63) is 117 Å². The van der Waals surface area contributed by atoms with Crippen LogP contribution in [0.5, 0.6) is 23.0 Å². The lowest BCUT2D eigenvalue weighted by Gasteiger charge is -2.36. The van der Waals surface area contributed by atoms with Gasteiger partial charge in [0.05, 0.1) is 18.7 Å². The minimum atomic E-state index is -1.37. The Morgan fingerprint density at radius 3 is 2.30 bits per heavy atom. The van der Waals surface area contributed by atoms with E-state index >= 15 is 0 Å². The zero-order chi connectivity index (χ0) is 27.6. The van der Waals surface area contributed by atoms with Crippen LogP contribution in [0.15, 0.2) is 83.3 Å². The molecule has 2 N–H and O–H groups in total. The van der Waals surface area contributed by atoms with Crippen LogP contribution >= 0.6 is 15.9 Å². The Morgan fingerprint density at radius 1 is 0.900 bits per heavy atom. The van der Waals surface area contributed by atoms with Crippen molar-refractivity contribution >= 4 is 27.8 Å². The van der Waals surface area contributed by atoms with Crippen molar-refractivity contribution in [3.63, 3.8) is 0 Å². The maximum Gasteiger partial charge on any atom is 0.340 e. The average molecular weight is 600 g/mol. The summed E-state index contributed by atoms with van der Waals surface area (Å²) in [6.07, 6.45) is -0.263. The SMILES string of the molecule is O=C1OC2(c3ccc(O)cc3Oc3cc(O)ccc32)c2ccc(C(=O)N3CCOC(c4cccc(Br)c4)C3)cc21. The van der Waals surface area contributed by atoms with E-state index in [4.69, 9.17) is 14.2 Å². The van der Waals surface area contributed by atoms with Gasteiger partial charge in [0.15, 0.2) is 5.60 Å². The van der Waals surface area contributed by atoms with E-state index in [1.807, 2.05) is 24.3 Å². The van der Waals surface area contributed by atoms with E-state index in [-0.39, 0.29) is 29.1 Å². The lowest BCUT2D eigenvalue weighted by Crippen LogP contribution is -2.42. The quantitative estimate of drug-likeness (QED) is 0.287. The van der Waals surface area contributed by atoms with E-state index in [2.05, 4.69) is 15.9 Å². The smallest absolute Gasteiger partial charge is 0.340 e. The van der Waals surface area contributed by atoms with Crippen LogP contribution in [0.3, 0.4) is 0 Å². The number of hydrogen-bond donors (Lipinski definition) is 2. The molecule has 0 radical (unpaired) electrons. The van der Waals surface area contributed by atoms with E-state index in [0.29, 0.717) is 53.4 Å². The number of nitrogens with zero attached hydrogens (tertiary/aromatic N) is 1. The largest absolute Gasteiger partial charge is 0.508 e. The van der Waals surface area contributed by atoms with Crippen LogP contribution in [0.25, 0.3) is 0 Å². The van der Waals surface area contributed by atoms with Crippen LogP contribution in [0.1, 0.15) is 49.1 Å². The number of phenols is 2. The number of halogens is 1. The van der Waals surface area contributed by atoms with Crippen molar-refractivity contribution < 1.29 is 34.0 Å². The molecule has 9 heteroatoms. The number of amides is 1. The first-order valence-electron chi connectivity index (χ1n) is 12.7. The lowest BCUT2D eigenvalue weighted by atomic mass is 9.77. The zero-order valence-electron chi connectivity index (χ0n) is 21.0. The molecule has 8 nitrogen and oxygen atoms in total. The van der Waals surface area contributed by atoms with Crippen molar-refractivity contribution in [1.29, 1.82) is 0 Å². The van der Waals surface area contributed by atoms with Crippen molar-refractivity contribution in [3.8, 4) is 23.0 Å². The van der Waals surface area contributed by atoms with Gasteiger partial charge in [-0.2, -0.15) is 0 Å².